The molecule has 0 N–H and O–H groups in total. The molecule has 0 unspecified atom stereocenters. The minimum Gasteiger partial charge on any atom is -0.310 e. The van der Waals surface area contributed by atoms with E-state index in [1.807, 2.05) is 0 Å². The molecule has 0 spiro atoms. The largest absolute Gasteiger partial charge is 0.310 e. The summed E-state index contributed by atoms with van der Waals surface area (Å²) in [6.45, 7) is 3.17. The number of nitrogens with zero attached hydrogens (tertiary/aromatic N) is 1. The highest BCUT2D eigenvalue weighted by molar-refractivity contribution is 4.61. The fraction of sp³-hybridized carbons (Fsp3) is 0.250. The zero-order chi connectivity index (χ0) is 5.70. The third-order valence-corrected chi connectivity index (χ3v) is 0.298. The van der Waals surface area contributed by atoms with Crippen molar-refractivity contribution in [1.29, 1.82) is 0 Å². The fourth-order valence-corrected chi connectivity index (χ4v) is 0.114. The summed E-state index contributed by atoms with van der Waals surface area (Å²) in [5, 5.41) is 8.43. The summed E-state index contributed by atoms with van der Waals surface area (Å²) < 4.78 is 0. The zero-order valence-electron chi connectivity index (χ0n) is 4.16. The second-order valence-corrected chi connectivity index (χ2v) is 0.808. The first-order valence-electron chi connectivity index (χ1n) is 1.65. The number of hydrogen-bond donors (Lipinski definition) is 0. The molecule has 0 aromatic carbocycles. The Hall–Kier alpha value is -1.06. The van der Waals surface area contributed by atoms with Crippen LogP contribution in [0.2, 0.25) is 0 Å². The van der Waals surface area contributed by atoms with Gasteiger partial charge in [0.25, 0.3) is 5.09 Å². The van der Waals surface area contributed by atoms with Crippen molar-refractivity contribution in [1.82, 2.24) is 0 Å². The lowest BCUT2D eigenvalue weighted by atomic mass is 10.7. The maximum absolute atomic E-state index is 9.29. The summed E-state index contributed by atoms with van der Waals surface area (Å²) in [5.41, 5.74) is 0. The van der Waals surface area contributed by atoms with E-state index >= 15 is 0 Å². The van der Waals surface area contributed by atoms with E-state index in [0.29, 0.717) is 0 Å². The number of rotatable bonds is 3. The van der Waals surface area contributed by atoms with Crippen molar-refractivity contribution in [3.63, 3.8) is 0 Å². The van der Waals surface area contributed by atoms with Gasteiger partial charge >= 0.3 is 0 Å². The van der Waals surface area contributed by atoms with Gasteiger partial charge in [-0.25, -0.2) is 0 Å². The van der Waals surface area contributed by atoms with E-state index in [2.05, 4.69) is 11.4 Å². The minimum atomic E-state index is -0.859. The molecule has 8 heavy (non-hydrogen) atoms. The van der Waals surface area contributed by atoms with Crippen molar-refractivity contribution in [2.75, 3.05) is 6.61 Å². The van der Waals surface area contributed by atoms with Gasteiger partial charge in [0.1, 0.15) is 6.61 Å². The molecule has 0 aliphatic heterocycles. The van der Waals surface area contributed by atoms with Crippen LogP contribution in [0, 0.1) is 17.5 Å². The smallest absolute Gasteiger partial charge is 0.294 e. The number of hydrogen-bond acceptors (Lipinski definition) is 3. The summed E-state index contributed by atoms with van der Waals surface area (Å²) in [4.78, 5) is 13.1. The van der Waals surface area contributed by atoms with Crippen LogP contribution in [0.1, 0.15) is 0 Å². The molecule has 0 aromatic heterocycles. The van der Waals surface area contributed by atoms with Crippen LogP contribution >= 0.6 is 0 Å². The van der Waals surface area contributed by atoms with Crippen molar-refractivity contribution in [3.8, 4) is 0 Å². The van der Waals surface area contributed by atoms with Gasteiger partial charge in [-0.3, -0.25) is 0 Å². The molecule has 0 amide bonds. The monoisotopic (exact) mass is 115 g/mol. The van der Waals surface area contributed by atoms with E-state index in [4.69, 9.17) is 0 Å². The van der Waals surface area contributed by atoms with Gasteiger partial charge in [-0.15, -0.1) is 16.7 Å². The molecule has 0 aromatic rings. The lowest BCUT2D eigenvalue weighted by Gasteiger charge is -1.85. The van der Waals surface area contributed by atoms with E-state index in [0.717, 1.165) is 0 Å². The Bertz CT molecular complexity index is 81.4. The Labute approximate surface area is 47.9 Å². The summed E-state index contributed by atoms with van der Waals surface area (Å²) >= 11 is 0. The van der Waals surface area contributed by atoms with Gasteiger partial charge in [0.15, 0.2) is 0 Å². The second-order valence-electron chi connectivity index (χ2n) is 0.808. The Balaban J connectivity index is 0. The SMILES string of the molecule is C=CCO[N+](=O)[O-].[C]. The van der Waals surface area contributed by atoms with Crippen molar-refractivity contribution >= 4 is 0 Å². The highest BCUT2D eigenvalue weighted by atomic mass is 16.9. The van der Waals surface area contributed by atoms with Crippen LogP contribution in [-0.2, 0) is 4.84 Å². The first-order valence-corrected chi connectivity index (χ1v) is 1.65. The minimum absolute atomic E-state index is 0. The van der Waals surface area contributed by atoms with Crippen LogP contribution in [0.5, 0.6) is 0 Å². The molecule has 0 bridgehead atoms. The summed E-state index contributed by atoms with van der Waals surface area (Å²) in [6.07, 6.45) is 1.31. The molecule has 4 heteroatoms. The van der Waals surface area contributed by atoms with Crippen molar-refractivity contribution < 1.29 is 9.92 Å². The van der Waals surface area contributed by atoms with Crippen LogP contribution in [0.4, 0.5) is 0 Å². The van der Waals surface area contributed by atoms with Gasteiger partial charge in [-0.2, -0.15) is 0 Å². The van der Waals surface area contributed by atoms with Gasteiger partial charge in [0.05, 0.1) is 0 Å². The van der Waals surface area contributed by atoms with E-state index < -0.39 is 5.09 Å². The maximum Gasteiger partial charge on any atom is 0.294 e. The second kappa shape index (κ2) is 5.94. The molecule has 0 rings (SSSR count). The van der Waals surface area contributed by atoms with Crippen LogP contribution < -0.4 is 0 Å². The molecule has 44 valence electrons. The van der Waals surface area contributed by atoms with Gasteiger partial charge in [-0.05, 0) is 0 Å². The molecular formula is C4H5NO3. The highest BCUT2D eigenvalue weighted by Crippen LogP contribution is 1.71. The maximum atomic E-state index is 9.29. The topological polar surface area (TPSA) is 52.4 Å². The molecule has 4 nitrogen and oxygen atoms in total. The third-order valence-electron chi connectivity index (χ3n) is 0.298. The third kappa shape index (κ3) is 8.87. The highest BCUT2D eigenvalue weighted by Gasteiger charge is 1.85. The van der Waals surface area contributed by atoms with Crippen LogP contribution in [0.15, 0.2) is 12.7 Å². The molecule has 4 radical (unpaired) electrons. The van der Waals surface area contributed by atoms with E-state index in [-0.39, 0.29) is 14.0 Å². The van der Waals surface area contributed by atoms with E-state index in [9.17, 15) is 10.1 Å². The average molecular weight is 115 g/mol. The first-order chi connectivity index (χ1) is 3.27. The van der Waals surface area contributed by atoms with Crippen LogP contribution in [-0.4, -0.2) is 11.7 Å². The summed E-state index contributed by atoms with van der Waals surface area (Å²) in [5.74, 6) is 0. The quantitative estimate of drug-likeness (QED) is 0.305. The van der Waals surface area contributed by atoms with Gasteiger partial charge in [-0.1, -0.05) is 6.08 Å². The van der Waals surface area contributed by atoms with Gasteiger partial charge < -0.3 is 4.84 Å². The Morgan fingerprint density at radius 2 is 2.38 bits per heavy atom. The molecule has 0 fully saturated rings. The molecule has 0 heterocycles. The first kappa shape index (κ1) is 10.0. The van der Waals surface area contributed by atoms with Gasteiger partial charge in [0.2, 0.25) is 0 Å². The summed E-state index contributed by atoms with van der Waals surface area (Å²) in [7, 11) is 0. The van der Waals surface area contributed by atoms with Crippen molar-refractivity contribution in [3.05, 3.63) is 30.2 Å². The molecule has 0 saturated heterocycles. The lowest BCUT2D eigenvalue weighted by Crippen LogP contribution is -1.98. The van der Waals surface area contributed by atoms with E-state index in [1.54, 1.807) is 0 Å². The van der Waals surface area contributed by atoms with E-state index in [1.165, 1.54) is 6.08 Å². The normalized spacial score (nSPS) is 6.50. The predicted octanol–water partition coefficient (Wildman–Crippen LogP) is 0.462. The fourth-order valence-electron chi connectivity index (χ4n) is 0.114. The van der Waals surface area contributed by atoms with Gasteiger partial charge in [0, 0.05) is 7.43 Å². The molecule has 0 saturated carbocycles. The van der Waals surface area contributed by atoms with Crippen molar-refractivity contribution in [2.45, 2.75) is 0 Å². The lowest BCUT2D eigenvalue weighted by molar-refractivity contribution is -0.755. The van der Waals surface area contributed by atoms with Crippen LogP contribution in [0.25, 0.3) is 0 Å². The predicted molar refractivity (Wildman–Crippen MR) is 26.4 cm³/mol. The van der Waals surface area contributed by atoms with Crippen molar-refractivity contribution in [2.24, 2.45) is 0 Å². The standard InChI is InChI=1S/C3H5NO3.C/c1-2-3-7-4(5)6;/h2H,1,3H2;. The Morgan fingerprint density at radius 3 is 2.50 bits per heavy atom. The summed E-state index contributed by atoms with van der Waals surface area (Å²) in [6, 6.07) is 0. The molecule has 0 atom stereocenters. The average Bonchev–Trinajstić information content (AvgIpc) is 1.61. The molecule has 0 aliphatic carbocycles. The molecular weight excluding hydrogens is 110 g/mol. The Kier molecular flexibility index (Phi) is 7.45. The van der Waals surface area contributed by atoms with Crippen LogP contribution in [0.3, 0.4) is 0 Å². The zero-order valence-corrected chi connectivity index (χ0v) is 4.16. The molecule has 0 aliphatic rings. The Morgan fingerprint density at radius 1 is 1.88 bits per heavy atom.